The molecule has 1 N–H and O–H groups in total. The molecule has 1 saturated heterocycles. The fourth-order valence-corrected chi connectivity index (χ4v) is 4.08. The van der Waals surface area contributed by atoms with Crippen LogP contribution < -0.4 is 5.32 Å². The Bertz CT molecular complexity index is 1170. The number of rotatable bonds is 5. The first-order chi connectivity index (χ1) is 16.7. The van der Waals surface area contributed by atoms with E-state index in [0.717, 1.165) is 29.5 Å². The lowest BCUT2D eigenvalue weighted by molar-refractivity contribution is 0.0500. The number of carbonyl (C=O) groups is 2. The number of benzene rings is 2. The molecular formula is C27H32N4O4. The lowest BCUT2D eigenvalue weighted by atomic mass is 9.96. The highest BCUT2D eigenvalue weighted by Crippen LogP contribution is 2.26. The van der Waals surface area contributed by atoms with E-state index in [0.29, 0.717) is 42.9 Å². The molecule has 0 bridgehead atoms. The Hall–Kier alpha value is -3.68. The van der Waals surface area contributed by atoms with Gasteiger partial charge in [-0.05, 0) is 82.3 Å². The summed E-state index contributed by atoms with van der Waals surface area (Å²) < 4.78 is 11.2. The molecular weight excluding hydrogens is 444 g/mol. The molecule has 4 rings (SSSR count). The molecule has 184 valence electrons. The van der Waals surface area contributed by atoms with Gasteiger partial charge in [0.05, 0.1) is 0 Å². The van der Waals surface area contributed by atoms with E-state index in [1.807, 2.05) is 69.0 Å². The fourth-order valence-electron chi connectivity index (χ4n) is 4.08. The SMILES string of the molecule is Cc1ccccc1-c1nnc(-c2ccc(C(=O)N3CCC(CNC(=O)OC(C)(C)C)CC3)cc2)o1. The Balaban J connectivity index is 1.31. The van der Waals surface area contributed by atoms with Crippen molar-refractivity contribution >= 4 is 12.0 Å². The summed E-state index contributed by atoms with van der Waals surface area (Å²) in [7, 11) is 0. The Morgan fingerprint density at radius 2 is 1.69 bits per heavy atom. The molecule has 2 aromatic carbocycles. The van der Waals surface area contributed by atoms with Crippen LogP contribution in [0.1, 0.15) is 49.5 Å². The number of hydrogen-bond donors (Lipinski definition) is 1. The van der Waals surface area contributed by atoms with E-state index in [-0.39, 0.29) is 5.91 Å². The summed E-state index contributed by atoms with van der Waals surface area (Å²) in [6.07, 6.45) is 1.27. The highest BCUT2D eigenvalue weighted by atomic mass is 16.6. The predicted octanol–water partition coefficient (Wildman–Crippen LogP) is 5.09. The van der Waals surface area contributed by atoms with Gasteiger partial charge in [-0.25, -0.2) is 4.79 Å². The van der Waals surface area contributed by atoms with Crippen LogP contribution in [0.15, 0.2) is 52.9 Å². The standard InChI is InChI=1S/C27H32N4O4/c1-18-7-5-6-8-22(18)24-30-29-23(34-24)20-9-11-21(12-10-20)25(32)31-15-13-19(14-16-31)17-28-26(33)35-27(2,3)4/h5-12,19H,13-17H2,1-4H3,(H,28,33). The second-order valence-corrected chi connectivity index (χ2v) is 9.92. The topological polar surface area (TPSA) is 97.6 Å². The van der Waals surface area contributed by atoms with Crippen LogP contribution in [0.4, 0.5) is 4.79 Å². The largest absolute Gasteiger partial charge is 0.444 e. The van der Waals surface area contributed by atoms with Crippen LogP contribution in [-0.4, -0.2) is 52.3 Å². The van der Waals surface area contributed by atoms with E-state index >= 15 is 0 Å². The summed E-state index contributed by atoms with van der Waals surface area (Å²) in [5, 5.41) is 11.2. The molecule has 0 atom stereocenters. The Kier molecular flexibility index (Phi) is 7.19. The third-order valence-electron chi connectivity index (χ3n) is 6.01. The molecule has 0 spiro atoms. The summed E-state index contributed by atoms with van der Waals surface area (Å²) in [4.78, 5) is 26.7. The molecule has 0 aliphatic carbocycles. The minimum atomic E-state index is -0.512. The first kappa shape index (κ1) is 24.4. The molecule has 3 aromatic rings. The molecule has 1 aromatic heterocycles. The molecule has 1 aliphatic rings. The van der Waals surface area contributed by atoms with Crippen molar-refractivity contribution in [3.05, 3.63) is 59.7 Å². The Labute approximate surface area is 205 Å². The lowest BCUT2D eigenvalue weighted by Crippen LogP contribution is -2.42. The molecule has 1 aliphatic heterocycles. The summed E-state index contributed by atoms with van der Waals surface area (Å²) in [6, 6.07) is 15.1. The van der Waals surface area contributed by atoms with Crippen LogP contribution in [-0.2, 0) is 4.74 Å². The Morgan fingerprint density at radius 1 is 1.03 bits per heavy atom. The maximum atomic E-state index is 13.0. The highest BCUT2D eigenvalue weighted by molar-refractivity contribution is 5.94. The fraction of sp³-hybridized carbons (Fsp3) is 0.407. The molecule has 0 saturated carbocycles. The summed E-state index contributed by atoms with van der Waals surface area (Å²) in [5.74, 6) is 1.22. The van der Waals surface area contributed by atoms with Gasteiger partial charge in [-0.3, -0.25) is 4.79 Å². The average molecular weight is 477 g/mol. The van der Waals surface area contributed by atoms with Crippen LogP contribution in [0, 0.1) is 12.8 Å². The molecule has 2 amide bonds. The van der Waals surface area contributed by atoms with Gasteiger partial charge in [0.25, 0.3) is 5.91 Å². The number of hydrogen-bond acceptors (Lipinski definition) is 6. The van der Waals surface area contributed by atoms with E-state index in [2.05, 4.69) is 15.5 Å². The molecule has 2 heterocycles. The van der Waals surface area contributed by atoms with Crippen molar-refractivity contribution in [2.24, 2.45) is 5.92 Å². The number of likely N-dealkylation sites (tertiary alicyclic amines) is 1. The zero-order valence-electron chi connectivity index (χ0n) is 20.7. The van der Waals surface area contributed by atoms with Gasteiger partial charge in [-0.15, -0.1) is 10.2 Å². The highest BCUT2D eigenvalue weighted by Gasteiger charge is 2.25. The maximum Gasteiger partial charge on any atom is 0.407 e. The lowest BCUT2D eigenvalue weighted by Gasteiger charge is -2.32. The molecule has 0 unspecified atom stereocenters. The summed E-state index contributed by atoms with van der Waals surface area (Å²) in [6.45, 7) is 9.39. The van der Waals surface area contributed by atoms with Crippen molar-refractivity contribution in [3.63, 3.8) is 0 Å². The number of amides is 2. The number of aromatic nitrogens is 2. The van der Waals surface area contributed by atoms with Crippen molar-refractivity contribution in [1.29, 1.82) is 0 Å². The molecule has 8 heteroatoms. The number of alkyl carbamates (subject to hydrolysis) is 1. The summed E-state index contributed by atoms with van der Waals surface area (Å²) >= 11 is 0. The molecule has 8 nitrogen and oxygen atoms in total. The minimum absolute atomic E-state index is 0.00114. The van der Waals surface area contributed by atoms with E-state index < -0.39 is 11.7 Å². The second-order valence-electron chi connectivity index (χ2n) is 9.92. The van der Waals surface area contributed by atoms with Gasteiger partial charge in [-0.1, -0.05) is 18.2 Å². The van der Waals surface area contributed by atoms with Gasteiger partial charge in [0, 0.05) is 36.3 Å². The number of piperidine rings is 1. The third-order valence-corrected chi connectivity index (χ3v) is 6.01. The van der Waals surface area contributed by atoms with Crippen LogP contribution >= 0.6 is 0 Å². The van der Waals surface area contributed by atoms with E-state index in [1.165, 1.54) is 0 Å². The van der Waals surface area contributed by atoms with Crippen molar-refractivity contribution in [2.75, 3.05) is 19.6 Å². The van der Waals surface area contributed by atoms with Crippen LogP contribution in [0.3, 0.4) is 0 Å². The van der Waals surface area contributed by atoms with Gasteiger partial charge < -0.3 is 19.4 Å². The number of aryl methyl sites for hydroxylation is 1. The van der Waals surface area contributed by atoms with Gasteiger partial charge in [0.15, 0.2) is 0 Å². The monoisotopic (exact) mass is 476 g/mol. The van der Waals surface area contributed by atoms with Gasteiger partial charge in [0.2, 0.25) is 11.8 Å². The van der Waals surface area contributed by atoms with Crippen molar-refractivity contribution in [2.45, 2.75) is 46.1 Å². The smallest absolute Gasteiger partial charge is 0.407 e. The number of nitrogens with one attached hydrogen (secondary N) is 1. The Morgan fingerprint density at radius 3 is 2.34 bits per heavy atom. The van der Waals surface area contributed by atoms with Crippen LogP contribution in [0.5, 0.6) is 0 Å². The average Bonchev–Trinajstić information content (AvgIpc) is 3.32. The normalized spacial score (nSPS) is 14.6. The first-order valence-electron chi connectivity index (χ1n) is 12.0. The van der Waals surface area contributed by atoms with Gasteiger partial charge in [0.1, 0.15) is 5.60 Å². The van der Waals surface area contributed by atoms with E-state index in [4.69, 9.17) is 9.15 Å². The van der Waals surface area contributed by atoms with Gasteiger partial charge >= 0.3 is 6.09 Å². The van der Waals surface area contributed by atoms with Crippen molar-refractivity contribution in [1.82, 2.24) is 20.4 Å². The quantitative estimate of drug-likeness (QED) is 0.551. The minimum Gasteiger partial charge on any atom is -0.444 e. The zero-order valence-corrected chi connectivity index (χ0v) is 20.7. The number of ether oxygens (including phenoxy) is 1. The van der Waals surface area contributed by atoms with Crippen molar-refractivity contribution in [3.8, 4) is 22.9 Å². The third kappa shape index (κ3) is 6.26. The maximum absolute atomic E-state index is 13.0. The van der Waals surface area contributed by atoms with Gasteiger partial charge in [-0.2, -0.15) is 0 Å². The van der Waals surface area contributed by atoms with E-state index in [9.17, 15) is 9.59 Å². The van der Waals surface area contributed by atoms with Crippen molar-refractivity contribution < 1.29 is 18.7 Å². The van der Waals surface area contributed by atoms with Crippen LogP contribution in [0.2, 0.25) is 0 Å². The van der Waals surface area contributed by atoms with E-state index in [1.54, 1.807) is 12.1 Å². The predicted molar refractivity (Wildman–Crippen MR) is 133 cm³/mol. The second kappa shape index (κ2) is 10.3. The van der Waals surface area contributed by atoms with Crippen LogP contribution in [0.25, 0.3) is 22.9 Å². The molecule has 35 heavy (non-hydrogen) atoms. The first-order valence-corrected chi connectivity index (χ1v) is 12.0. The number of carbonyl (C=O) groups excluding carboxylic acids is 2. The summed E-state index contributed by atoms with van der Waals surface area (Å²) in [5.41, 5.74) is 2.84. The zero-order chi connectivity index (χ0) is 25.0. The number of nitrogens with zero attached hydrogens (tertiary/aromatic N) is 3. The molecule has 1 fully saturated rings. The molecule has 0 radical (unpaired) electrons.